The van der Waals surface area contributed by atoms with Gasteiger partial charge in [0.15, 0.2) is 11.3 Å². The lowest BCUT2D eigenvalue weighted by Crippen LogP contribution is -2.71. The molecular weight excluding hydrogens is 493 g/mol. The van der Waals surface area contributed by atoms with E-state index >= 15 is 0 Å². The summed E-state index contributed by atoms with van der Waals surface area (Å²) in [6.45, 7) is 0.461. The Hall–Kier alpha value is -5.06. The van der Waals surface area contributed by atoms with E-state index in [-0.39, 0.29) is 5.82 Å². The molecule has 2 aliphatic rings. The predicted octanol–water partition coefficient (Wildman–Crippen LogP) is 4.04. The van der Waals surface area contributed by atoms with Gasteiger partial charge in [0.25, 0.3) is 11.8 Å². The van der Waals surface area contributed by atoms with E-state index in [0.29, 0.717) is 53.9 Å². The lowest BCUT2D eigenvalue weighted by molar-refractivity contribution is -0.137. The Labute approximate surface area is 215 Å². The fraction of sp³-hybridized carbons (Fsp3) is 0.148. The Balaban J connectivity index is 1.15. The molecule has 2 fully saturated rings. The number of rotatable bonds is 5. The van der Waals surface area contributed by atoms with Gasteiger partial charge in [-0.05, 0) is 67.4 Å². The van der Waals surface area contributed by atoms with E-state index in [1.165, 1.54) is 18.3 Å². The standard InChI is InChI=1S/C27H20FN5O5/c28-18-6-2-17(3-7-18)23-30-15-21(38-23)16-4-9-20(10-5-16)37-22-11-8-19(14-29-22)33-13-1-12-27(33)24(34)31-26(36)32-25(27)35/h2-11,14-15H,1,12-13H2,(H2,31,32,34,35,36). The maximum atomic E-state index is 13.2. The second-order valence-electron chi connectivity index (χ2n) is 8.87. The molecule has 38 heavy (non-hydrogen) atoms. The number of hydrogen-bond acceptors (Lipinski definition) is 8. The van der Waals surface area contributed by atoms with Gasteiger partial charge in [0.2, 0.25) is 11.8 Å². The number of nitrogens with zero attached hydrogens (tertiary/aromatic N) is 3. The molecular formula is C27H20FN5O5. The molecule has 2 saturated heterocycles. The van der Waals surface area contributed by atoms with Crippen molar-refractivity contribution in [3.8, 4) is 34.4 Å². The SMILES string of the molecule is O=C1NC(=O)C2(CCCN2c2ccc(Oc3ccc(-c4cnc(-c5ccc(F)cc5)o4)cc3)nc2)C(=O)N1. The number of nitrogens with one attached hydrogen (secondary N) is 2. The van der Waals surface area contributed by atoms with Gasteiger partial charge in [-0.1, -0.05) is 0 Å². The molecule has 2 N–H and O–H groups in total. The minimum Gasteiger partial charge on any atom is -0.439 e. The van der Waals surface area contributed by atoms with Crippen LogP contribution in [0.3, 0.4) is 0 Å². The molecule has 0 unspecified atom stereocenters. The number of aromatic nitrogens is 2. The fourth-order valence-corrected chi connectivity index (χ4v) is 4.72. The van der Waals surface area contributed by atoms with Crippen molar-refractivity contribution in [2.24, 2.45) is 0 Å². The van der Waals surface area contributed by atoms with Gasteiger partial charge in [-0.2, -0.15) is 0 Å². The Bertz CT molecular complexity index is 1510. The first kappa shape index (κ1) is 23.3. The molecule has 0 bridgehead atoms. The molecule has 4 aromatic rings. The Morgan fingerprint density at radius 3 is 2.26 bits per heavy atom. The molecule has 4 amide bonds. The second kappa shape index (κ2) is 9.11. The minimum absolute atomic E-state index is 0.291. The zero-order valence-electron chi connectivity index (χ0n) is 19.8. The predicted molar refractivity (Wildman–Crippen MR) is 133 cm³/mol. The highest BCUT2D eigenvalue weighted by Gasteiger charge is 2.57. The van der Waals surface area contributed by atoms with Crippen LogP contribution in [-0.2, 0) is 9.59 Å². The number of imide groups is 2. The van der Waals surface area contributed by atoms with Crippen molar-refractivity contribution in [1.82, 2.24) is 20.6 Å². The summed E-state index contributed by atoms with van der Waals surface area (Å²) in [6, 6.07) is 15.6. The summed E-state index contributed by atoms with van der Waals surface area (Å²) < 4.78 is 24.8. The number of amides is 4. The molecule has 2 aromatic heterocycles. The fourth-order valence-electron chi connectivity index (χ4n) is 4.72. The highest BCUT2D eigenvalue weighted by atomic mass is 19.1. The quantitative estimate of drug-likeness (QED) is 0.383. The molecule has 2 aliphatic heterocycles. The van der Waals surface area contributed by atoms with Gasteiger partial charge in [0, 0.05) is 23.7 Å². The van der Waals surface area contributed by atoms with Crippen molar-refractivity contribution in [3.63, 3.8) is 0 Å². The van der Waals surface area contributed by atoms with Gasteiger partial charge in [-0.15, -0.1) is 0 Å². The molecule has 2 aromatic carbocycles. The number of hydrogen-bond donors (Lipinski definition) is 2. The van der Waals surface area contributed by atoms with Crippen LogP contribution < -0.4 is 20.3 Å². The lowest BCUT2D eigenvalue weighted by atomic mass is 9.92. The molecule has 0 atom stereocenters. The number of benzene rings is 2. The van der Waals surface area contributed by atoms with Crippen LogP contribution in [0.2, 0.25) is 0 Å². The van der Waals surface area contributed by atoms with Gasteiger partial charge >= 0.3 is 6.03 Å². The number of carbonyl (C=O) groups excluding carboxylic acids is 3. The number of carbonyl (C=O) groups is 3. The normalized spacial score (nSPS) is 16.4. The highest BCUT2D eigenvalue weighted by Crippen LogP contribution is 2.36. The van der Waals surface area contributed by atoms with E-state index < -0.39 is 23.4 Å². The molecule has 6 rings (SSSR count). The van der Waals surface area contributed by atoms with Crippen LogP contribution in [0.25, 0.3) is 22.8 Å². The van der Waals surface area contributed by atoms with Crippen LogP contribution in [0, 0.1) is 5.82 Å². The van der Waals surface area contributed by atoms with E-state index in [0.717, 1.165) is 5.56 Å². The molecule has 1 spiro atoms. The van der Waals surface area contributed by atoms with Gasteiger partial charge in [-0.3, -0.25) is 20.2 Å². The van der Waals surface area contributed by atoms with Crippen LogP contribution >= 0.6 is 0 Å². The van der Waals surface area contributed by atoms with Crippen molar-refractivity contribution < 1.29 is 27.9 Å². The van der Waals surface area contributed by atoms with Crippen LogP contribution in [0.15, 0.2) is 77.5 Å². The number of halogens is 1. The molecule has 0 aliphatic carbocycles. The summed E-state index contributed by atoms with van der Waals surface area (Å²) in [4.78, 5) is 47.1. The van der Waals surface area contributed by atoms with Gasteiger partial charge in [-0.25, -0.2) is 19.2 Å². The number of oxazole rings is 1. The molecule has 4 heterocycles. The average Bonchev–Trinajstić information content (AvgIpc) is 3.58. The molecule has 190 valence electrons. The molecule has 0 radical (unpaired) electrons. The Kier molecular flexibility index (Phi) is 5.60. The maximum Gasteiger partial charge on any atom is 0.328 e. The summed E-state index contributed by atoms with van der Waals surface area (Å²) in [5, 5.41) is 4.39. The first-order chi connectivity index (χ1) is 18.4. The number of anilines is 1. The summed E-state index contributed by atoms with van der Waals surface area (Å²) in [5.41, 5.74) is 0.533. The van der Waals surface area contributed by atoms with Crippen LogP contribution in [-0.4, -0.2) is 39.9 Å². The van der Waals surface area contributed by atoms with E-state index in [2.05, 4.69) is 20.6 Å². The zero-order valence-corrected chi connectivity index (χ0v) is 19.8. The summed E-state index contributed by atoms with van der Waals surface area (Å²) >= 11 is 0. The molecule has 0 saturated carbocycles. The number of pyridine rings is 1. The number of ether oxygens (including phenoxy) is 1. The number of urea groups is 1. The smallest absolute Gasteiger partial charge is 0.328 e. The Morgan fingerprint density at radius 2 is 1.58 bits per heavy atom. The largest absolute Gasteiger partial charge is 0.439 e. The van der Waals surface area contributed by atoms with Crippen LogP contribution in [0.4, 0.5) is 14.9 Å². The first-order valence-corrected chi connectivity index (χ1v) is 11.8. The maximum absolute atomic E-state index is 13.2. The van der Waals surface area contributed by atoms with Crippen LogP contribution in [0.5, 0.6) is 11.6 Å². The topological polar surface area (TPSA) is 127 Å². The average molecular weight is 513 g/mol. The van der Waals surface area contributed by atoms with Crippen molar-refractivity contribution in [2.45, 2.75) is 18.4 Å². The van der Waals surface area contributed by atoms with E-state index in [9.17, 15) is 18.8 Å². The van der Waals surface area contributed by atoms with Gasteiger partial charge in [0.05, 0.1) is 18.1 Å². The third-order valence-electron chi connectivity index (χ3n) is 6.58. The summed E-state index contributed by atoms with van der Waals surface area (Å²) in [7, 11) is 0. The highest BCUT2D eigenvalue weighted by molar-refractivity contribution is 6.24. The summed E-state index contributed by atoms with van der Waals surface area (Å²) in [5.74, 6) is 0.188. The summed E-state index contributed by atoms with van der Waals surface area (Å²) in [6.07, 6.45) is 4.03. The third kappa shape index (κ3) is 4.03. The monoisotopic (exact) mass is 513 g/mol. The van der Waals surface area contributed by atoms with Gasteiger partial charge in [0.1, 0.15) is 11.6 Å². The van der Waals surface area contributed by atoms with Crippen LogP contribution in [0.1, 0.15) is 12.8 Å². The van der Waals surface area contributed by atoms with Crippen molar-refractivity contribution >= 4 is 23.5 Å². The molecule has 10 nitrogen and oxygen atoms in total. The first-order valence-electron chi connectivity index (χ1n) is 11.8. The number of barbiturate groups is 1. The third-order valence-corrected chi connectivity index (χ3v) is 6.58. The van der Waals surface area contributed by atoms with Gasteiger partial charge < -0.3 is 14.1 Å². The lowest BCUT2D eigenvalue weighted by Gasteiger charge is -2.38. The Morgan fingerprint density at radius 1 is 0.868 bits per heavy atom. The van der Waals surface area contributed by atoms with Crippen molar-refractivity contribution in [2.75, 3.05) is 11.4 Å². The molecule has 11 heteroatoms. The second-order valence-corrected chi connectivity index (χ2v) is 8.87. The van der Waals surface area contributed by atoms with Crippen molar-refractivity contribution in [3.05, 3.63) is 78.9 Å². The van der Waals surface area contributed by atoms with Crippen molar-refractivity contribution in [1.29, 1.82) is 0 Å². The minimum atomic E-state index is -1.48. The van der Waals surface area contributed by atoms with E-state index in [4.69, 9.17) is 9.15 Å². The zero-order chi connectivity index (χ0) is 26.3. The van der Waals surface area contributed by atoms with E-state index in [1.54, 1.807) is 47.5 Å². The van der Waals surface area contributed by atoms with E-state index in [1.807, 2.05) is 12.1 Å².